The van der Waals surface area contributed by atoms with Gasteiger partial charge in [0.25, 0.3) is 5.91 Å². The average Bonchev–Trinajstić information content (AvgIpc) is 2.96. The van der Waals surface area contributed by atoms with E-state index in [1.807, 2.05) is 0 Å². The molecule has 0 saturated carbocycles. The summed E-state index contributed by atoms with van der Waals surface area (Å²) in [6, 6.07) is -1.20. The molecule has 0 unspecified atom stereocenters. The van der Waals surface area contributed by atoms with Crippen LogP contribution in [0.1, 0.15) is 62.7 Å². The van der Waals surface area contributed by atoms with E-state index in [2.05, 4.69) is 46.9 Å². The molecular formula is C51H77N19O14S. The van der Waals surface area contributed by atoms with E-state index in [-0.39, 0.29) is 113 Å². The quantitative estimate of drug-likeness (QED) is 0.0189. The number of nitrogens with zero attached hydrogens (tertiary/aromatic N) is 6. The Labute approximate surface area is 492 Å². The number of aliphatic hydroxyl groups is 2. The number of carbonyl (C=O) groups excluding carboxylic acids is 9. The van der Waals surface area contributed by atoms with E-state index in [9.17, 15) is 63.3 Å². The van der Waals surface area contributed by atoms with Crippen molar-refractivity contribution in [1.29, 1.82) is 0 Å². The lowest BCUT2D eigenvalue weighted by molar-refractivity contribution is -0.148. The van der Waals surface area contributed by atoms with Crippen LogP contribution in [0.4, 0.5) is 5.69 Å². The van der Waals surface area contributed by atoms with E-state index in [0.29, 0.717) is 17.7 Å². The van der Waals surface area contributed by atoms with Crippen LogP contribution >= 0.6 is 11.3 Å². The van der Waals surface area contributed by atoms with Crippen LogP contribution in [0, 0.1) is 0 Å². The number of carbonyl (C=O) groups is 10. The molecule has 34 heteroatoms. The smallest absolute Gasteiger partial charge is 0.326 e. The number of fused-ring (bicyclic) bond motifs is 1. The largest absolute Gasteiger partial charge is 0.489 e. The highest BCUT2D eigenvalue weighted by molar-refractivity contribution is 7.09. The van der Waals surface area contributed by atoms with Gasteiger partial charge < -0.3 is 102 Å². The maximum atomic E-state index is 14.3. The van der Waals surface area contributed by atoms with Crippen LogP contribution in [-0.2, 0) is 54.4 Å². The van der Waals surface area contributed by atoms with E-state index in [4.69, 9.17) is 44.9 Å². The monoisotopic (exact) mass is 1210 g/mol. The number of aliphatic imine (C=N–C) groups is 3. The van der Waals surface area contributed by atoms with Crippen molar-refractivity contribution in [2.45, 2.75) is 119 Å². The normalized spacial score (nSPS) is 19.0. The second-order valence-corrected chi connectivity index (χ2v) is 21.2. The lowest BCUT2D eigenvalue weighted by atomic mass is 10.1. The third kappa shape index (κ3) is 20.5. The molecule has 0 bridgehead atoms. The summed E-state index contributed by atoms with van der Waals surface area (Å²) < 4.78 is 5.83. The maximum Gasteiger partial charge on any atom is 0.326 e. The Hall–Kier alpha value is -8.89. The topological polar surface area (TPSA) is 542 Å². The molecule has 466 valence electrons. The molecule has 23 N–H and O–H groups in total. The number of ether oxygens (including phenoxy) is 1. The fraction of sp³-hybridized carbons (Fsp3) is 0.549. The molecule has 33 nitrogen and oxygen atoms in total. The summed E-state index contributed by atoms with van der Waals surface area (Å²) in [5.74, 6) is -9.14. The van der Waals surface area contributed by atoms with Crippen LogP contribution in [0.2, 0.25) is 0 Å². The number of para-hydroxylation sites is 2. The van der Waals surface area contributed by atoms with Gasteiger partial charge in [-0.05, 0) is 74.9 Å². The number of aliphatic carboxylic acids is 1. The van der Waals surface area contributed by atoms with Crippen LogP contribution < -0.4 is 81.7 Å². The van der Waals surface area contributed by atoms with Crippen molar-refractivity contribution in [1.82, 2.24) is 41.7 Å². The van der Waals surface area contributed by atoms with Crippen LogP contribution in [0.25, 0.3) is 0 Å². The SMILES string of the molecule is NC(N)=NCCC[C@@H](N)C(=O)N[C@@H](CCCN=C(N)N)C(=O)N1CCC[C@H]1C(=O)N1C[C@H](O)C[C@H]1C(=O)NCC(=O)N[C@@H](Cc1cccs1)C(=O)N[C@@H](CO)C(=O)N[C@@H]1COc2ccccc2N(CC(=O)N[C@@H](CCCN=C(N)N)C(=O)O)C1=O. The second-order valence-electron chi connectivity index (χ2n) is 20.2. The third-order valence-electron chi connectivity index (χ3n) is 13.7. The van der Waals surface area contributed by atoms with E-state index in [1.54, 1.807) is 29.6 Å². The number of aliphatic hydroxyl groups excluding tert-OH is 2. The van der Waals surface area contributed by atoms with Gasteiger partial charge >= 0.3 is 5.97 Å². The van der Waals surface area contributed by atoms with Crippen molar-refractivity contribution < 1.29 is 68.0 Å². The number of carboxylic acids is 1. The number of carboxylic acid groups (broad SMARTS) is 1. The first-order chi connectivity index (χ1) is 40.5. The van der Waals surface area contributed by atoms with Crippen LogP contribution in [-0.4, -0.2) is 216 Å². The molecular weight excluding hydrogens is 1130 g/mol. The Morgan fingerprint density at radius 2 is 1.35 bits per heavy atom. The first-order valence-corrected chi connectivity index (χ1v) is 28.2. The number of benzene rings is 1. The zero-order chi connectivity index (χ0) is 62.3. The molecule has 3 aliphatic rings. The molecule has 9 amide bonds. The van der Waals surface area contributed by atoms with Gasteiger partial charge in [-0.2, -0.15) is 0 Å². The van der Waals surface area contributed by atoms with Crippen molar-refractivity contribution >= 4 is 94.0 Å². The molecule has 0 radical (unpaired) electrons. The summed E-state index contributed by atoms with van der Waals surface area (Å²) in [7, 11) is 0. The molecule has 2 aromatic rings. The molecule has 9 atom stereocenters. The Balaban J connectivity index is 1.22. The average molecular weight is 1210 g/mol. The molecule has 2 fully saturated rings. The highest BCUT2D eigenvalue weighted by Gasteiger charge is 2.46. The predicted octanol–water partition coefficient (Wildman–Crippen LogP) is -7.23. The van der Waals surface area contributed by atoms with Gasteiger partial charge in [-0.25, -0.2) is 4.79 Å². The zero-order valence-corrected chi connectivity index (χ0v) is 47.5. The van der Waals surface area contributed by atoms with Gasteiger partial charge in [0.2, 0.25) is 47.3 Å². The predicted molar refractivity (Wildman–Crippen MR) is 308 cm³/mol. The number of nitrogens with two attached hydrogens (primary N) is 7. The van der Waals surface area contributed by atoms with Crippen LogP contribution in [0.3, 0.4) is 0 Å². The highest BCUT2D eigenvalue weighted by atomic mass is 32.1. The first-order valence-electron chi connectivity index (χ1n) is 27.3. The summed E-state index contributed by atoms with van der Waals surface area (Å²) >= 11 is 1.24. The molecule has 1 aromatic heterocycles. The number of nitrogens with one attached hydrogen (secondary N) is 6. The second kappa shape index (κ2) is 32.8. The zero-order valence-electron chi connectivity index (χ0n) is 46.6. The molecule has 0 aliphatic carbocycles. The lowest BCUT2D eigenvalue weighted by Gasteiger charge is -2.33. The minimum Gasteiger partial charge on any atom is -0.489 e. The van der Waals surface area contributed by atoms with E-state index < -0.39 is 140 Å². The summed E-state index contributed by atoms with van der Waals surface area (Å²) in [4.78, 5) is 152. The molecule has 5 rings (SSSR count). The van der Waals surface area contributed by atoms with Crippen LogP contribution in [0.15, 0.2) is 56.8 Å². The Kier molecular flexibility index (Phi) is 25.8. The number of guanidine groups is 3. The summed E-state index contributed by atoms with van der Waals surface area (Å²) in [5, 5.41) is 47.6. The van der Waals surface area contributed by atoms with Crippen LogP contribution in [0.5, 0.6) is 5.75 Å². The number of thiophene rings is 1. The lowest BCUT2D eigenvalue weighted by Crippen LogP contribution is -2.60. The van der Waals surface area contributed by atoms with Crippen molar-refractivity contribution in [3.05, 3.63) is 46.7 Å². The van der Waals surface area contributed by atoms with Gasteiger partial charge in [0, 0.05) is 50.4 Å². The van der Waals surface area contributed by atoms with E-state index in [0.717, 1.165) is 9.80 Å². The molecule has 85 heavy (non-hydrogen) atoms. The fourth-order valence-corrected chi connectivity index (χ4v) is 10.3. The minimum atomic E-state index is -1.73. The van der Waals surface area contributed by atoms with Crippen molar-refractivity contribution in [2.75, 3.05) is 63.9 Å². The van der Waals surface area contributed by atoms with Crippen molar-refractivity contribution in [2.24, 2.45) is 55.1 Å². The van der Waals surface area contributed by atoms with Crippen molar-refractivity contribution in [3.8, 4) is 5.75 Å². The van der Waals surface area contributed by atoms with Gasteiger partial charge in [0.1, 0.15) is 61.2 Å². The molecule has 4 heterocycles. The summed E-state index contributed by atoms with van der Waals surface area (Å²) in [5.41, 5.74) is 38.6. The number of likely N-dealkylation sites (tertiary alicyclic amines) is 2. The summed E-state index contributed by atoms with van der Waals surface area (Å²) in [6.45, 7) is -2.68. The van der Waals surface area contributed by atoms with Gasteiger partial charge in [-0.3, -0.25) is 63.0 Å². The standard InChI is InChI=1S/C51H77N19O14S/c52-29(9-3-15-59-49(53)54)41(75)65-30(10-4-16-60-50(55)56)45(79)68-18-6-13-36(68)47(81)69-23-27(72)20-37(69)44(78)62-22-39(73)64-32(21-28-8-7-19-85-28)42(76)66-33(25-71)43(77)67-34-26-84-38-14-2-1-12-35(38)70(46(34)80)24-40(74)63-31(48(82)83)11-5-17-61-51(57)58/h1-2,7-8,12,14,19,27,29-34,36-37,71-72H,3-6,9-11,13,15-18,20-26,52H2,(H,62,78)(H,63,74)(H,64,73)(H,65,75)(H,66,76)(H,67,77)(H,82,83)(H4,53,54,59)(H4,55,56,60)(H4,57,58,61)/t27-,29-,30+,31+,32+,33+,34-,36+,37+/m1/s1. The first kappa shape index (κ1) is 66.9. The van der Waals surface area contributed by atoms with Gasteiger partial charge in [-0.1, -0.05) is 18.2 Å². The Morgan fingerprint density at radius 1 is 0.729 bits per heavy atom. The van der Waals surface area contributed by atoms with E-state index >= 15 is 0 Å². The molecule has 1 aromatic carbocycles. The number of hydrogen-bond acceptors (Lipinski definition) is 18. The third-order valence-corrected chi connectivity index (χ3v) is 14.6. The maximum absolute atomic E-state index is 14.3. The number of hydrogen-bond donors (Lipinski definition) is 16. The highest BCUT2D eigenvalue weighted by Crippen LogP contribution is 2.31. The summed E-state index contributed by atoms with van der Waals surface area (Å²) in [6.07, 6.45) is 0.0392. The molecule has 0 spiro atoms. The number of β-amino-alcohol motifs (C(OH)–C–C–N with tert-alkyl or cyclic N) is 1. The van der Waals surface area contributed by atoms with Gasteiger partial charge in [0.05, 0.1) is 31.0 Å². The van der Waals surface area contributed by atoms with E-state index in [1.165, 1.54) is 28.4 Å². The fourth-order valence-electron chi connectivity index (χ4n) is 9.55. The molecule has 3 aliphatic heterocycles. The number of rotatable bonds is 31. The molecule has 2 saturated heterocycles. The van der Waals surface area contributed by atoms with Gasteiger partial charge in [-0.15, -0.1) is 11.3 Å². The minimum absolute atomic E-state index is 0.0584. The van der Waals surface area contributed by atoms with Crippen molar-refractivity contribution in [3.63, 3.8) is 0 Å². The van der Waals surface area contributed by atoms with Gasteiger partial charge in [0.15, 0.2) is 17.9 Å². The number of amides is 9. The number of anilines is 1. The Morgan fingerprint density at radius 3 is 1.98 bits per heavy atom. The Bertz CT molecular complexity index is 2780.